The molecule has 0 amide bonds. The van der Waals surface area contributed by atoms with Crippen LogP contribution in [0.4, 0.5) is 0 Å². The van der Waals surface area contributed by atoms with Crippen LogP contribution in [0.5, 0.6) is 0 Å². The number of rotatable bonds is 2. The van der Waals surface area contributed by atoms with E-state index in [0.29, 0.717) is 5.58 Å². The van der Waals surface area contributed by atoms with E-state index in [9.17, 15) is 9.59 Å². The lowest BCUT2D eigenvalue weighted by molar-refractivity contribution is 0.102. The smallest absolute Gasteiger partial charge is 0.347 e. The summed E-state index contributed by atoms with van der Waals surface area (Å²) in [6, 6.07) is 8.65. The van der Waals surface area contributed by atoms with Crippen molar-refractivity contribution in [2.45, 2.75) is 6.92 Å². The lowest BCUT2D eigenvalue weighted by atomic mass is 10.1. The number of Topliss-reactive ketones (excluding diaryl/α,β-unsaturated/α-hetero) is 1. The molecule has 0 atom stereocenters. The van der Waals surface area contributed by atoms with Gasteiger partial charge in [-0.2, -0.15) is 0 Å². The Morgan fingerprint density at radius 1 is 1.39 bits per heavy atom. The zero-order valence-corrected chi connectivity index (χ0v) is 11.4. The number of halogens is 1. The van der Waals surface area contributed by atoms with Gasteiger partial charge in [-0.15, -0.1) is 0 Å². The lowest BCUT2D eigenvalue weighted by Crippen LogP contribution is -2.14. The molecule has 0 spiro atoms. The number of hydrogen-bond donors (Lipinski definition) is 1. The fourth-order valence-corrected chi connectivity index (χ4v) is 1.63. The highest BCUT2D eigenvalue weighted by molar-refractivity contribution is 9.09. The fourth-order valence-electron chi connectivity index (χ4n) is 1.33. The van der Waals surface area contributed by atoms with Gasteiger partial charge in [-0.3, -0.25) is 4.79 Å². The fraction of sp³-hybridized carbons (Fsp3) is 0.231. The Morgan fingerprint density at radius 3 is 2.61 bits per heavy atom. The quantitative estimate of drug-likeness (QED) is 0.525. The van der Waals surface area contributed by atoms with Crippen LogP contribution in [-0.4, -0.2) is 22.8 Å². The van der Waals surface area contributed by atoms with Crippen molar-refractivity contribution in [1.82, 2.24) is 0 Å². The van der Waals surface area contributed by atoms with Crippen LogP contribution < -0.4 is 5.63 Å². The minimum Gasteiger partial charge on any atom is -0.422 e. The monoisotopic (exact) mass is 312 g/mol. The van der Waals surface area contributed by atoms with Crippen LogP contribution in [0.1, 0.15) is 17.3 Å². The Labute approximate surface area is 112 Å². The average Bonchev–Trinajstić information content (AvgIpc) is 2.38. The van der Waals surface area contributed by atoms with E-state index in [0.717, 1.165) is 5.39 Å². The van der Waals surface area contributed by atoms with Gasteiger partial charge in [0, 0.05) is 12.0 Å². The van der Waals surface area contributed by atoms with Crippen molar-refractivity contribution in [2.75, 3.05) is 11.9 Å². The third-order valence-corrected chi connectivity index (χ3v) is 2.57. The molecule has 96 valence electrons. The van der Waals surface area contributed by atoms with E-state index in [1.807, 2.05) is 6.07 Å². The number of aliphatic hydroxyl groups is 1. The second kappa shape index (κ2) is 7.08. The predicted octanol–water partition coefficient (Wildman–Crippen LogP) is 2.37. The Bertz CT molecular complexity index is 589. The number of para-hydroxylation sites is 1. The van der Waals surface area contributed by atoms with Crippen molar-refractivity contribution in [2.24, 2.45) is 0 Å². The number of alkyl halides is 1. The van der Waals surface area contributed by atoms with Crippen molar-refractivity contribution < 1.29 is 14.3 Å². The Hall–Kier alpha value is -1.46. The standard InChI is InChI=1S/C11H7BrO3.C2H6O/c12-6-9(13)8-5-7-3-1-2-4-10(7)15-11(8)14;1-2-3/h1-5H,6H2;3H,2H2,1H3. The maximum atomic E-state index is 11.4. The van der Waals surface area contributed by atoms with Gasteiger partial charge in [0.2, 0.25) is 0 Å². The molecule has 1 heterocycles. The molecule has 0 aliphatic rings. The van der Waals surface area contributed by atoms with Crippen LogP contribution >= 0.6 is 15.9 Å². The number of aliphatic hydroxyl groups excluding tert-OH is 1. The molecular weight excluding hydrogens is 300 g/mol. The van der Waals surface area contributed by atoms with E-state index in [4.69, 9.17) is 9.52 Å². The van der Waals surface area contributed by atoms with E-state index < -0.39 is 5.63 Å². The summed E-state index contributed by atoms with van der Waals surface area (Å²) in [5.41, 5.74) is -0.00246. The molecule has 18 heavy (non-hydrogen) atoms. The van der Waals surface area contributed by atoms with Gasteiger partial charge in [0.05, 0.1) is 5.33 Å². The number of hydrogen-bond acceptors (Lipinski definition) is 4. The molecule has 2 rings (SSSR count). The van der Waals surface area contributed by atoms with E-state index in [-0.39, 0.29) is 23.3 Å². The molecule has 0 radical (unpaired) electrons. The summed E-state index contributed by atoms with van der Waals surface area (Å²) >= 11 is 3.02. The first-order chi connectivity index (χ1) is 8.63. The molecule has 0 aliphatic heterocycles. The van der Waals surface area contributed by atoms with Gasteiger partial charge in [-0.05, 0) is 19.1 Å². The molecule has 2 aromatic rings. The van der Waals surface area contributed by atoms with Crippen LogP contribution in [0.2, 0.25) is 0 Å². The third kappa shape index (κ3) is 3.51. The molecule has 0 saturated carbocycles. The van der Waals surface area contributed by atoms with Gasteiger partial charge >= 0.3 is 5.63 Å². The molecule has 5 heteroatoms. The molecule has 0 fully saturated rings. The highest BCUT2D eigenvalue weighted by Gasteiger charge is 2.11. The summed E-state index contributed by atoms with van der Waals surface area (Å²) in [5, 5.41) is 8.44. The molecule has 1 N–H and O–H groups in total. The SMILES string of the molecule is CCO.O=C(CBr)c1cc2ccccc2oc1=O. The number of carbonyl (C=O) groups excluding carboxylic acids is 1. The van der Waals surface area contributed by atoms with E-state index in [1.54, 1.807) is 31.2 Å². The minimum absolute atomic E-state index is 0.0885. The van der Waals surface area contributed by atoms with Crippen molar-refractivity contribution in [3.63, 3.8) is 0 Å². The second-order valence-corrected chi connectivity index (χ2v) is 3.92. The van der Waals surface area contributed by atoms with Gasteiger partial charge in [0.15, 0.2) is 5.78 Å². The second-order valence-electron chi connectivity index (χ2n) is 3.36. The van der Waals surface area contributed by atoms with Crippen LogP contribution in [0.25, 0.3) is 11.0 Å². The molecule has 0 aliphatic carbocycles. The van der Waals surface area contributed by atoms with Crippen LogP contribution in [0, 0.1) is 0 Å². The Morgan fingerprint density at radius 2 is 2.00 bits per heavy atom. The van der Waals surface area contributed by atoms with Crippen molar-refractivity contribution in [3.8, 4) is 0 Å². The summed E-state index contributed by atoms with van der Waals surface area (Å²) in [6.45, 7) is 1.93. The molecular formula is C13H13BrO4. The van der Waals surface area contributed by atoms with E-state index in [2.05, 4.69) is 15.9 Å². The van der Waals surface area contributed by atoms with Crippen molar-refractivity contribution in [1.29, 1.82) is 0 Å². The largest absolute Gasteiger partial charge is 0.422 e. The summed E-state index contributed by atoms with van der Waals surface area (Å²) in [4.78, 5) is 22.8. The topological polar surface area (TPSA) is 67.5 Å². The highest BCUT2D eigenvalue weighted by atomic mass is 79.9. The molecule has 1 aromatic carbocycles. The maximum Gasteiger partial charge on any atom is 0.347 e. The lowest BCUT2D eigenvalue weighted by Gasteiger charge is -1.98. The van der Waals surface area contributed by atoms with Gasteiger partial charge in [0.1, 0.15) is 11.1 Å². The first-order valence-electron chi connectivity index (χ1n) is 5.37. The molecule has 0 bridgehead atoms. The van der Waals surface area contributed by atoms with Gasteiger partial charge in [-0.25, -0.2) is 4.79 Å². The molecule has 0 unspecified atom stereocenters. The molecule has 0 saturated heterocycles. The van der Waals surface area contributed by atoms with Crippen molar-refractivity contribution >= 4 is 32.7 Å². The first-order valence-corrected chi connectivity index (χ1v) is 6.49. The number of ketones is 1. The number of fused-ring (bicyclic) bond motifs is 1. The van der Waals surface area contributed by atoms with Gasteiger partial charge in [-0.1, -0.05) is 34.1 Å². The number of benzene rings is 1. The zero-order chi connectivity index (χ0) is 13.5. The van der Waals surface area contributed by atoms with Crippen LogP contribution in [-0.2, 0) is 0 Å². The van der Waals surface area contributed by atoms with E-state index in [1.165, 1.54) is 0 Å². The number of carbonyl (C=O) groups is 1. The highest BCUT2D eigenvalue weighted by Crippen LogP contribution is 2.13. The first kappa shape index (κ1) is 14.6. The summed E-state index contributed by atoms with van der Waals surface area (Å²) in [7, 11) is 0. The summed E-state index contributed by atoms with van der Waals surface area (Å²) in [5.74, 6) is -0.269. The average molecular weight is 313 g/mol. The Kier molecular flexibility index (Phi) is 5.74. The minimum atomic E-state index is -0.585. The summed E-state index contributed by atoms with van der Waals surface area (Å²) < 4.78 is 5.02. The zero-order valence-electron chi connectivity index (χ0n) is 9.85. The maximum absolute atomic E-state index is 11.4. The Balaban J connectivity index is 0.000000492. The normalized spacial score (nSPS) is 9.72. The van der Waals surface area contributed by atoms with Gasteiger partial charge < -0.3 is 9.52 Å². The van der Waals surface area contributed by atoms with Crippen LogP contribution in [0.15, 0.2) is 39.5 Å². The van der Waals surface area contributed by atoms with Gasteiger partial charge in [0.25, 0.3) is 0 Å². The van der Waals surface area contributed by atoms with Crippen LogP contribution in [0.3, 0.4) is 0 Å². The third-order valence-electron chi connectivity index (χ3n) is 2.06. The molecule has 4 nitrogen and oxygen atoms in total. The van der Waals surface area contributed by atoms with E-state index >= 15 is 0 Å². The molecule has 1 aromatic heterocycles. The predicted molar refractivity (Wildman–Crippen MR) is 73.4 cm³/mol. The summed E-state index contributed by atoms with van der Waals surface area (Å²) in [6.07, 6.45) is 0. The van der Waals surface area contributed by atoms with Crippen molar-refractivity contribution in [3.05, 3.63) is 46.3 Å².